The maximum atomic E-state index is 11.6. The van der Waals surface area contributed by atoms with Crippen LogP contribution in [0.15, 0.2) is 71.2 Å². The van der Waals surface area contributed by atoms with Gasteiger partial charge in [0, 0.05) is 11.8 Å². The quantitative estimate of drug-likeness (QED) is 0.517. The van der Waals surface area contributed by atoms with Crippen molar-refractivity contribution in [3.8, 4) is 11.1 Å². The molecule has 4 heteroatoms. The van der Waals surface area contributed by atoms with Gasteiger partial charge in [-0.25, -0.2) is 0 Å². The molecule has 4 nitrogen and oxygen atoms in total. The van der Waals surface area contributed by atoms with Crippen LogP contribution in [0, 0.1) is 5.41 Å². The van der Waals surface area contributed by atoms with E-state index in [1.54, 1.807) is 0 Å². The van der Waals surface area contributed by atoms with E-state index in [0.29, 0.717) is 6.61 Å². The molecule has 0 spiro atoms. The SMILES string of the molecule is CCOC(=O)CC(N)CCC1=CC(=Nc2ccc(-c3ccccc3)cc2)CC(C)(C)C1. The number of hydrogen-bond donors (Lipinski definition) is 1. The molecule has 1 aliphatic carbocycles. The van der Waals surface area contributed by atoms with Gasteiger partial charge >= 0.3 is 5.97 Å². The van der Waals surface area contributed by atoms with Crippen LogP contribution < -0.4 is 5.73 Å². The molecule has 0 aromatic heterocycles. The Kier molecular flexibility index (Phi) is 7.80. The number of benzene rings is 2. The lowest BCUT2D eigenvalue weighted by molar-refractivity contribution is -0.143. The van der Waals surface area contributed by atoms with Gasteiger partial charge in [-0.2, -0.15) is 0 Å². The van der Waals surface area contributed by atoms with Crippen molar-refractivity contribution in [3.05, 3.63) is 66.2 Å². The van der Waals surface area contributed by atoms with Crippen molar-refractivity contribution in [2.75, 3.05) is 6.61 Å². The maximum absolute atomic E-state index is 11.6. The first-order valence-electron chi connectivity index (χ1n) is 11.2. The van der Waals surface area contributed by atoms with Crippen molar-refractivity contribution >= 4 is 17.4 Å². The summed E-state index contributed by atoms with van der Waals surface area (Å²) < 4.78 is 5.00. The Morgan fingerprint density at radius 1 is 1.06 bits per heavy atom. The van der Waals surface area contributed by atoms with Gasteiger partial charge in [0.25, 0.3) is 0 Å². The smallest absolute Gasteiger partial charge is 0.307 e. The third-order valence-corrected chi connectivity index (χ3v) is 5.55. The molecule has 164 valence electrons. The summed E-state index contributed by atoms with van der Waals surface area (Å²) in [7, 11) is 0. The lowest BCUT2D eigenvalue weighted by Crippen LogP contribution is -2.26. The number of ether oxygens (including phenoxy) is 1. The third kappa shape index (κ3) is 7.18. The Balaban J connectivity index is 1.68. The summed E-state index contributed by atoms with van der Waals surface area (Å²) in [5.74, 6) is -0.214. The molecule has 0 amide bonds. The number of allylic oxidation sites excluding steroid dienone is 2. The predicted molar refractivity (Wildman–Crippen MR) is 129 cm³/mol. The number of rotatable bonds is 8. The van der Waals surface area contributed by atoms with E-state index in [2.05, 4.69) is 68.5 Å². The Bertz CT molecular complexity index is 927. The van der Waals surface area contributed by atoms with Gasteiger partial charge in [-0.15, -0.1) is 0 Å². The molecule has 0 bridgehead atoms. The van der Waals surface area contributed by atoms with Gasteiger partial charge in [-0.3, -0.25) is 9.79 Å². The molecule has 0 saturated carbocycles. The number of hydrogen-bond acceptors (Lipinski definition) is 4. The van der Waals surface area contributed by atoms with Gasteiger partial charge in [-0.05, 0) is 67.4 Å². The van der Waals surface area contributed by atoms with Crippen LogP contribution in [-0.4, -0.2) is 24.3 Å². The van der Waals surface area contributed by atoms with Gasteiger partial charge in [0.1, 0.15) is 0 Å². The average Bonchev–Trinajstić information content (AvgIpc) is 2.72. The number of carbonyl (C=O) groups is 1. The number of nitrogens with two attached hydrogens (primary N) is 1. The second-order valence-corrected chi connectivity index (χ2v) is 9.14. The van der Waals surface area contributed by atoms with E-state index in [0.717, 1.165) is 37.1 Å². The Hall–Kier alpha value is -2.72. The highest BCUT2D eigenvalue weighted by molar-refractivity contribution is 5.98. The first kappa shape index (κ1) is 23.0. The van der Waals surface area contributed by atoms with Crippen LogP contribution in [0.2, 0.25) is 0 Å². The summed E-state index contributed by atoms with van der Waals surface area (Å²) in [4.78, 5) is 16.6. The fourth-order valence-corrected chi connectivity index (χ4v) is 4.17. The molecule has 2 aromatic carbocycles. The molecule has 2 N–H and O–H groups in total. The summed E-state index contributed by atoms with van der Waals surface area (Å²) >= 11 is 0. The summed E-state index contributed by atoms with van der Waals surface area (Å²) in [6, 6.07) is 18.6. The summed E-state index contributed by atoms with van der Waals surface area (Å²) in [6.07, 6.45) is 6.15. The zero-order valence-corrected chi connectivity index (χ0v) is 18.9. The topological polar surface area (TPSA) is 64.7 Å². The highest BCUT2D eigenvalue weighted by atomic mass is 16.5. The summed E-state index contributed by atoms with van der Waals surface area (Å²) in [5, 5.41) is 0. The van der Waals surface area contributed by atoms with E-state index in [9.17, 15) is 4.79 Å². The molecule has 1 atom stereocenters. The number of esters is 1. The molecule has 1 unspecified atom stereocenters. The molecular weight excluding hydrogens is 384 g/mol. The fraction of sp³-hybridized carbons (Fsp3) is 0.407. The number of nitrogens with zero attached hydrogens (tertiary/aromatic N) is 1. The minimum Gasteiger partial charge on any atom is -0.466 e. The highest BCUT2D eigenvalue weighted by Crippen LogP contribution is 2.37. The largest absolute Gasteiger partial charge is 0.466 e. The van der Waals surface area contributed by atoms with Crippen LogP contribution in [0.1, 0.15) is 52.9 Å². The molecule has 1 aliphatic rings. The Morgan fingerprint density at radius 3 is 2.42 bits per heavy atom. The third-order valence-electron chi connectivity index (χ3n) is 5.55. The molecule has 3 rings (SSSR count). The van der Waals surface area contributed by atoms with Gasteiger partial charge in [0.05, 0.1) is 18.7 Å². The van der Waals surface area contributed by atoms with Gasteiger partial charge in [0.15, 0.2) is 0 Å². The Morgan fingerprint density at radius 2 is 1.74 bits per heavy atom. The van der Waals surface area contributed by atoms with Gasteiger partial charge in [-0.1, -0.05) is 61.9 Å². The number of aliphatic imine (C=N–C) groups is 1. The van der Waals surface area contributed by atoms with E-state index in [4.69, 9.17) is 15.5 Å². The van der Waals surface area contributed by atoms with Crippen molar-refractivity contribution in [1.82, 2.24) is 0 Å². The molecule has 0 saturated heterocycles. The van der Waals surface area contributed by atoms with Crippen molar-refractivity contribution in [2.24, 2.45) is 16.1 Å². The van der Waals surface area contributed by atoms with E-state index in [-0.39, 0.29) is 23.8 Å². The maximum Gasteiger partial charge on any atom is 0.307 e. The van der Waals surface area contributed by atoms with Crippen molar-refractivity contribution in [1.29, 1.82) is 0 Å². The second-order valence-electron chi connectivity index (χ2n) is 9.14. The van der Waals surface area contributed by atoms with Crippen molar-refractivity contribution in [2.45, 2.75) is 58.9 Å². The van der Waals surface area contributed by atoms with Gasteiger partial charge in [0.2, 0.25) is 0 Å². The molecule has 2 aromatic rings. The zero-order chi connectivity index (χ0) is 22.3. The molecule has 0 heterocycles. The fourth-order valence-electron chi connectivity index (χ4n) is 4.17. The normalized spacial score (nSPS) is 17.8. The van der Waals surface area contributed by atoms with E-state index < -0.39 is 0 Å². The number of carbonyl (C=O) groups excluding carboxylic acids is 1. The minimum absolute atomic E-state index is 0.165. The lowest BCUT2D eigenvalue weighted by Gasteiger charge is -2.31. The Labute approximate surface area is 186 Å². The zero-order valence-electron chi connectivity index (χ0n) is 18.9. The predicted octanol–water partition coefficient (Wildman–Crippen LogP) is 6.23. The van der Waals surface area contributed by atoms with Crippen molar-refractivity contribution < 1.29 is 9.53 Å². The lowest BCUT2D eigenvalue weighted by atomic mass is 9.75. The van der Waals surface area contributed by atoms with E-state index in [1.165, 1.54) is 16.7 Å². The van der Waals surface area contributed by atoms with Gasteiger partial charge < -0.3 is 10.5 Å². The first-order chi connectivity index (χ1) is 14.8. The second kappa shape index (κ2) is 10.5. The van der Waals surface area contributed by atoms with Crippen LogP contribution >= 0.6 is 0 Å². The van der Waals surface area contributed by atoms with Crippen LogP contribution in [0.4, 0.5) is 5.69 Å². The van der Waals surface area contributed by atoms with Crippen LogP contribution in [0.5, 0.6) is 0 Å². The summed E-state index contributed by atoms with van der Waals surface area (Å²) in [5.41, 5.74) is 12.2. The highest BCUT2D eigenvalue weighted by Gasteiger charge is 2.26. The molecule has 31 heavy (non-hydrogen) atoms. The van der Waals surface area contributed by atoms with Crippen LogP contribution in [0.25, 0.3) is 11.1 Å². The monoisotopic (exact) mass is 418 g/mol. The average molecular weight is 419 g/mol. The molecule has 0 radical (unpaired) electrons. The van der Waals surface area contributed by atoms with Crippen LogP contribution in [0.3, 0.4) is 0 Å². The molecule has 0 aliphatic heterocycles. The first-order valence-corrected chi connectivity index (χ1v) is 11.2. The van der Waals surface area contributed by atoms with E-state index in [1.807, 2.05) is 13.0 Å². The minimum atomic E-state index is -0.214. The standard InChI is InChI=1S/C27H34N2O2/c1-4-31-26(30)17-23(28)13-10-20-16-25(19-27(2,3)18-20)29-24-14-11-22(12-15-24)21-8-6-5-7-9-21/h5-9,11-12,14-16,23H,4,10,13,17-19,28H2,1-3H3. The molecular formula is C27H34N2O2. The van der Waals surface area contributed by atoms with Crippen molar-refractivity contribution in [3.63, 3.8) is 0 Å². The summed E-state index contributed by atoms with van der Waals surface area (Å²) in [6.45, 7) is 6.78. The molecule has 0 fully saturated rings. The van der Waals surface area contributed by atoms with Crippen LogP contribution in [-0.2, 0) is 9.53 Å². The van der Waals surface area contributed by atoms with E-state index >= 15 is 0 Å².